The van der Waals surface area contributed by atoms with Crippen molar-refractivity contribution in [3.63, 3.8) is 0 Å². The van der Waals surface area contributed by atoms with Crippen LogP contribution >= 0.6 is 0 Å². The Kier molecular flexibility index (Phi) is 7.05. The number of esters is 1. The molecule has 0 aromatic heterocycles. The van der Waals surface area contributed by atoms with Crippen LogP contribution in [0.15, 0.2) is 72.8 Å². The number of hydrogen-bond donors (Lipinski definition) is 1. The van der Waals surface area contributed by atoms with Crippen molar-refractivity contribution in [3.05, 3.63) is 83.9 Å². The molecule has 0 spiro atoms. The summed E-state index contributed by atoms with van der Waals surface area (Å²) in [5.74, 6) is -0.648. The van der Waals surface area contributed by atoms with Gasteiger partial charge in [0.15, 0.2) is 0 Å². The number of carbonyl (C=O) groups is 2. The normalized spacial score (nSPS) is 14.1. The second-order valence-electron chi connectivity index (χ2n) is 8.04. The smallest absolute Gasteiger partial charge is 0.337 e. The number of piperazine rings is 1. The highest BCUT2D eigenvalue weighted by atomic mass is 16.5. The van der Waals surface area contributed by atoms with Gasteiger partial charge in [0.2, 0.25) is 0 Å². The Morgan fingerprint density at radius 3 is 2.12 bits per heavy atom. The van der Waals surface area contributed by atoms with Gasteiger partial charge in [-0.15, -0.1) is 0 Å². The molecule has 3 aromatic rings. The second-order valence-corrected chi connectivity index (χ2v) is 8.04. The summed E-state index contributed by atoms with van der Waals surface area (Å²) in [7, 11) is 1.35. The fourth-order valence-corrected chi connectivity index (χ4v) is 4.10. The Morgan fingerprint density at radius 1 is 0.848 bits per heavy atom. The quantitative estimate of drug-likeness (QED) is 0.567. The Hall–Kier alpha value is -3.64. The molecule has 0 atom stereocenters. The zero-order chi connectivity index (χ0) is 23.2. The minimum Gasteiger partial charge on any atom is -0.465 e. The van der Waals surface area contributed by atoms with Crippen LogP contribution in [0.2, 0.25) is 0 Å². The number of nitrogens with one attached hydrogen (secondary N) is 1. The molecular formula is C27H29N3O3. The van der Waals surface area contributed by atoms with Gasteiger partial charge in [0.25, 0.3) is 5.91 Å². The van der Waals surface area contributed by atoms with Crippen LogP contribution in [0.1, 0.15) is 27.6 Å². The summed E-state index contributed by atoms with van der Waals surface area (Å²) >= 11 is 0. The number of benzene rings is 3. The summed E-state index contributed by atoms with van der Waals surface area (Å²) in [6.45, 7) is 6.83. The predicted octanol–water partition coefficient (Wildman–Crippen LogP) is 4.53. The lowest BCUT2D eigenvalue weighted by Crippen LogP contribution is -2.46. The number of methoxy groups -OCH3 is 1. The number of nitrogens with zero attached hydrogens (tertiary/aromatic N) is 2. The number of carbonyl (C=O) groups excluding carboxylic acids is 2. The maximum absolute atomic E-state index is 13.1. The first-order chi connectivity index (χ1) is 16.1. The van der Waals surface area contributed by atoms with Crippen molar-refractivity contribution in [2.45, 2.75) is 6.92 Å². The molecule has 1 amide bonds. The average Bonchev–Trinajstić information content (AvgIpc) is 2.89. The molecule has 6 nitrogen and oxygen atoms in total. The molecule has 6 heteroatoms. The molecule has 1 heterocycles. The van der Waals surface area contributed by atoms with Crippen molar-refractivity contribution in [3.8, 4) is 11.1 Å². The summed E-state index contributed by atoms with van der Waals surface area (Å²) < 4.78 is 4.88. The van der Waals surface area contributed by atoms with Gasteiger partial charge >= 0.3 is 5.97 Å². The first-order valence-corrected chi connectivity index (χ1v) is 11.3. The van der Waals surface area contributed by atoms with Gasteiger partial charge in [0.05, 0.1) is 24.0 Å². The third kappa shape index (κ3) is 5.23. The van der Waals surface area contributed by atoms with Crippen LogP contribution in [0, 0.1) is 0 Å². The minimum atomic E-state index is -0.430. The maximum atomic E-state index is 13.1. The molecular weight excluding hydrogens is 414 g/mol. The Bertz CT molecular complexity index is 1110. The van der Waals surface area contributed by atoms with Crippen LogP contribution < -0.4 is 10.2 Å². The van der Waals surface area contributed by atoms with Crippen LogP contribution in [0.3, 0.4) is 0 Å². The average molecular weight is 444 g/mol. The van der Waals surface area contributed by atoms with Gasteiger partial charge in [-0.3, -0.25) is 4.79 Å². The lowest BCUT2D eigenvalue weighted by molar-refractivity contribution is 0.0600. The van der Waals surface area contributed by atoms with Gasteiger partial charge < -0.3 is 19.9 Å². The van der Waals surface area contributed by atoms with E-state index in [0.29, 0.717) is 16.8 Å². The largest absolute Gasteiger partial charge is 0.465 e. The Labute approximate surface area is 194 Å². The van der Waals surface area contributed by atoms with Crippen molar-refractivity contribution in [1.82, 2.24) is 4.90 Å². The Balaban J connectivity index is 1.57. The van der Waals surface area contributed by atoms with E-state index in [4.69, 9.17) is 4.74 Å². The van der Waals surface area contributed by atoms with E-state index >= 15 is 0 Å². The molecule has 1 aliphatic heterocycles. The van der Waals surface area contributed by atoms with E-state index in [1.54, 1.807) is 12.1 Å². The van der Waals surface area contributed by atoms with Crippen molar-refractivity contribution >= 4 is 23.3 Å². The highest BCUT2D eigenvalue weighted by molar-refractivity contribution is 6.07. The molecule has 170 valence electrons. The van der Waals surface area contributed by atoms with Crippen LogP contribution in [0.5, 0.6) is 0 Å². The van der Waals surface area contributed by atoms with E-state index in [0.717, 1.165) is 49.5 Å². The highest BCUT2D eigenvalue weighted by Crippen LogP contribution is 2.29. The van der Waals surface area contributed by atoms with Crippen LogP contribution in [-0.2, 0) is 4.74 Å². The third-order valence-corrected chi connectivity index (χ3v) is 6.08. The number of likely N-dealkylation sites (N-methyl/N-ethyl adjacent to an activating group) is 1. The van der Waals surface area contributed by atoms with Crippen molar-refractivity contribution in [2.24, 2.45) is 0 Å². The fourth-order valence-electron chi connectivity index (χ4n) is 4.10. The van der Waals surface area contributed by atoms with Gasteiger partial charge in [0.1, 0.15) is 0 Å². The molecule has 4 rings (SSSR count). The number of amides is 1. The zero-order valence-electron chi connectivity index (χ0n) is 19.1. The van der Waals surface area contributed by atoms with Gasteiger partial charge in [-0.2, -0.15) is 0 Å². The van der Waals surface area contributed by atoms with E-state index in [-0.39, 0.29) is 5.91 Å². The predicted molar refractivity (Wildman–Crippen MR) is 132 cm³/mol. The summed E-state index contributed by atoms with van der Waals surface area (Å²) in [5, 5.41) is 3.03. The third-order valence-electron chi connectivity index (χ3n) is 6.08. The molecule has 3 aromatic carbocycles. The van der Waals surface area contributed by atoms with E-state index in [1.165, 1.54) is 7.11 Å². The van der Waals surface area contributed by atoms with E-state index in [1.807, 2.05) is 60.7 Å². The summed E-state index contributed by atoms with van der Waals surface area (Å²) in [4.78, 5) is 29.8. The first kappa shape index (κ1) is 22.6. The standard InChI is InChI=1S/C27H29N3O3/c1-3-29-15-17-30(18-16-29)25-14-13-23(27(32)33-2)19-24(25)28-26(31)22-11-9-21(10-12-22)20-7-5-4-6-8-20/h4-14,19H,3,15-18H2,1-2H3,(H,28,31). The van der Waals surface area contributed by atoms with Gasteiger partial charge in [0, 0.05) is 31.7 Å². The monoisotopic (exact) mass is 443 g/mol. The minimum absolute atomic E-state index is 0.218. The fraction of sp³-hybridized carbons (Fsp3) is 0.259. The maximum Gasteiger partial charge on any atom is 0.337 e. The van der Waals surface area contributed by atoms with Crippen LogP contribution in [0.4, 0.5) is 11.4 Å². The van der Waals surface area contributed by atoms with Gasteiger partial charge in [-0.25, -0.2) is 4.79 Å². The van der Waals surface area contributed by atoms with E-state index in [9.17, 15) is 9.59 Å². The van der Waals surface area contributed by atoms with Crippen molar-refractivity contribution in [2.75, 3.05) is 50.1 Å². The summed E-state index contributed by atoms with van der Waals surface area (Å²) in [6.07, 6.45) is 0. The molecule has 1 fully saturated rings. The van der Waals surface area contributed by atoms with Gasteiger partial charge in [-0.05, 0) is 48.0 Å². The lowest BCUT2D eigenvalue weighted by Gasteiger charge is -2.36. The molecule has 0 saturated carbocycles. The highest BCUT2D eigenvalue weighted by Gasteiger charge is 2.21. The van der Waals surface area contributed by atoms with Crippen LogP contribution in [0.25, 0.3) is 11.1 Å². The number of hydrogen-bond acceptors (Lipinski definition) is 5. The zero-order valence-corrected chi connectivity index (χ0v) is 19.1. The second kappa shape index (κ2) is 10.3. The van der Waals surface area contributed by atoms with E-state index in [2.05, 4.69) is 22.0 Å². The summed E-state index contributed by atoms with van der Waals surface area (Å²) in [5.41, 5.74) is 4.63. The molecule has 0 radical (unpaired) electrons. The van der Waals surface area contributed by atoms with Crippen LogP contribution in [-0.4, -0.2) is 56.6 Å². The van der Waals surface area contributed by atoms with Crippen molar-refractivity contribution in [1.29, 1.82) is 0 Å². The van der Waals surface area contributed by atoms with Gasteiger partial charge in [-0.1, -0.05) is 49.4 Å². The number of rotatable bonds is 6. The SMILES string of the molecule is CCN1CCN(c2ccc(C(=O)OC)cc2NC(=O)c2ccc(-c3ccccc3)cc2)CC1. The summed E-state index contributed by atoms with van der Waals surface area (Å²) in [6, 6.07) is 22.9. The molecule has 0 bridgehead atoms. The topological polar surface area (TPSA) is 61.9 Å². The first-order valence-electron chi connectivity index (χ1n) is 11.3. The van der Waals surface area contributed by atoms with E-state index < -0.39 is 5.97 Å². The molecule has 33 heavy (non-hydrogen) atoms. The number of ether oxygens (including phenoxy) is 1. The molecule has 0 aliphatic carbocycles. The molecule has 1 N–H and O–H groups in total. The molecule has 1 saturated heterocycles. The Morgan fingerprint density at radius 2 is 1.48 bits per heavy atom. The molecule has 1 aliphatic rings. The molecule has 0 unspecified atom stereocenters. The number of anilines is 2. The lowest BCUT2D eigenvalue weighted by atomic mass is 10.0. The van der Waals surface area contributed by atoms with Crippen molar-refractivity contribution < 1.29 is 14.3 Å².